The van der Waals surface area contributed by atoms with Crippen LogP contribution in [-0.4, -0.2) is 59.6 Å². The summed E-state index contributed by atoms with van der Waals surface area (Å²) >= 11 is 0. The first-order valence-corrected chi connectivity index (χ1v) is 8.40. The van der Waals surface area contributed by atoms with Gasteiger partial charge in [0, 0.05) is 6.61 Å². The molecule has 1 fully saturated rings. The van der Waals surface area contributed by atoms with E-state index in [4.69, 9.17) is 14.6 Å². The third kappa shape index (κ3) is 7.06. The van der Waals surface area contributed by atoms with Gasteiger partial charge in [-0.15, -0.1) is 0 Å². The lowest BCUT2D eigenvalue weighted by Gasteiger charge is -2.20. The van der Waals surface area contributed by atoms with E-state index in [1.54, 1.807) is 0 Å². The third-order valence-corrected chi connectivity index (χ3v) is 4.07. The second-order valence-corrected chi connectivity index (χ2v) is 5.92. The molecule has 0 saturated carbocycles. The molecular weight excluding hydrogens is 272 g/mol. The highest BCUT2D eigenvalue weighted by atomic mass is 16.6. The van der Waals surface area contributed by atoms with Crippen molar-refractivity contribution in [2.75, 3.05) is 19.8 Å². The van der Waals surface area contributed by atoms with Crippen LogP contribution < -0.4 is 0 Å². The zero-order valence-electron chi connectivity index (χ0n) is 13.2. The smallest absolute Gasteiger partial charge is 0.114 e. The van der Waals surface area contributed by atoms with Gasteiger partial charge in [-0.1, -0.05) is 51.9 Å². The Morgan fingerprint density at radius 3 is 2.33 bits per heavy atom. The molecule has 126 valence electrons. The number of aliphatic hydroxyl groups is 3. The zero-order chi connectivity index (χ0) is 15.5. The Balaban J connectivity index is 1.98. The summed E-state index contributed by atoms with van der Waals surface area (Å²) in [5.41, 5.74) is 0. The van der Waals surface area contributed by atoms with E-state index in [2.05, 4.69) is 6.92 Å². The van der Waals surface area contributed by atoms with Crippen LogP contribution in [0.15, 0.2) is 0 Å². The van der Waals surface area contributed by atoms with Gasteiger partial charge >= 0.3 is 0 Å². The van der Waals surface area contributed by atoms with Crippen LogP contribution in [0.5, 0.6) is 0 Å². The molecule has 4 atom stereocenters. The summed E-state index contributed by atoms with van der Waals surface area (Å²) in [5, 5.41) is 28.3. The minimum absolute atomic E-state index is 0.278. The van der Waals surface area contributed by atoms with E-state index in [0.717, 1.165) is 12.8 Å². The van der Waals surface area contributed by atoms with Crippen molar-refractivity contribution in [2.45, 2.75) is 82.7 Å². The van der Waals surface area contributed by atoms with Crippen molar-refractivity contribution in [3.05, 3.63) is 0 Å². The average molecular weight is 304 g/mol. The van der Waals surface area contributed by atoms with E-state index < -0.39 is 24.9 Å². The molecule has 0 aromatic heterocycles. The Hall–Kier alpha value is -0.200. The van der Waals surface area contributed by atoms with Crippen molar-refractivity contribution in [3.8, 4) is 0 Å². The molecule has 1 aliphatic rings. The van der Waals surface area contributed by atoms with Gasteiger partial charge in [-0.25, -0.2) is 0 Å². The molecule has 0 amide bonds. The third-order valence-electron chi connectivity index (χ3n) is 4.07. The molecule has 0 aromatic carbocycles. The summed E-state index contributed by atoms with van der Waals surface area (Å²) in [6, 6.07) is 0. The van der Waals surface area contributed by atoms with E-state index in [9.17, 15) is 10.2 Å². The maximum Gasteiger partial charge on any atom is 0.114 e. The quantitative estimate of drug-likeness (QED) is 0.478. The van der Waals surface area contributed by atoms with Crippen molar-refractivity contribution in [3.63, 3.8) is 0 Å². The molecule has 21 heavy (non-hydrogen) atoms. The van der Waals surface area contributed by atoms with Gasteiger partial charge in [0.05, 0.1) is 13.2 Å². The SMILES string of the molecule is CCCCCCCCCCO[C@H]1CO[C@@H]([C@H](O)CO)[C@H]1O. The standard InChI is InChI=1S/C16H32O5/c1-2-3-4-5-6-7-8-9-10-20-14-12-21-16(15(14)19)13(18)11-17/h13-19H,2-12H2,1H3/t13-,14+,15+,16+/m1/s1. The first-order valence-electron chi connectivity index (χ1n) is 8.40. The maximum atomic E-state index is 9.95. The van der Waals surface area contributed by atoms with Crippen LogP contribution in [-0.2, 0) is 9.47 Å². The van der Waals surface area contributed by atoms with Crippen molar-refractivity contribution in [2.24, 2.45) is 0 Å². The van der Waals surface area contributed by atoms with Crippen LogP contribution in [0, 0.1) is 0 Å². The lowest BCUT2D eigenvalue weighted by atomic mass is 10.1. The minimum atomic E-state index is -1.04. The summed E-state index contributed by atoms with van der Waals surface area (Å²) in [6.07, 6.45) is 6.93. The predicted molar refractivity (Wildman–Crippen MR) is 81.2 cm³/mol. The monoisotopic (exact) mass is 304 g/mol. The minimum Gasteiger partial charge on any atom is -0.394 e. The Bertz CT molecular complexity index is 249. The van der Waals surface area contributed by atoms with Gasteiger partial charge in [-0.2, -0.15) is 0 Å². The number of ether oxygens (including phenoxy) is 2. The lowest BCUT2D eigenvalue weighted by Crippen LogP contribution is -2.41. The van der Waals surface area contributed by atoms with Gasteiger partial charge < -0.3 is 24.8 Å². The summed E-state index contributed by atoms with van der Waals surface area (Å²) in [6.45, 7) is 2.71. The van der Waals surface area contributed by atoms with Crippen LogP contribution in [0.3, 0.4) is 0 Å². The Morgan fingerprint density at radius 1 is 1.10 bits per heavy atom. The van der Waals surface area contributed by atoms with Gasteiger partial charge in [0.15, 0.2) is 0 Å². The maximum absolute atomic E-state index is 9.95. The van der Waals surface area contributed by atoms with Crippen molar-refractivity contribution in [1.82, 2.24) is 0 Å². The highest BCUT2D eigenvalue weighted by Gasteiger charge is 2.40. The highest BCUT2D eigenvalue weighted by Crippen LogP contribution is 2.20. The number of aliphatic hydroxyl groups excluding tert-OH is 3. The van der Waals surface area contributed by atoms with Crippen LogP contribution in [0.25, 0.3) is 0 Å². The Morgan fingerprint density at radius 2 is 1.71 bits per heavy atom. The second kappa shape index (κ2) is 11.4. The normalized spacial score (nSPS) is 27.1. The largest absolute Gasteiger partial charge is 0.394 e. The second-order valence-electron chi connectivity index (χ2n) is 5.92. The fraction of sp³-hybridized carbons (Fsp3) is 1.00. The Kier molecular flexibility index (Phi) is 10.2. The van der Waals surface area contributed by atoms with Crippen molar-refractivity contribution in [1.29, 1.82) is 0 Å². The van der Waals surface area contributed by atoms with Gasteiger partial charge in [-0.3, -0.25) is 0 Å². The summed E-state index contributed by atoms with van der Waals surface area (Å²) in [7, 11) is 0. The topological polar surface area (TPSA) is 79.2 Å². The molecule has 1 aliphatic heterocycles. The predicted octanol–water partition coefficient (Wildman–Crippen LogP) is 1.63. The van der Waals surface area contributed by atoms with Crippen LogP contribution in [0.1, 0.15) is 58.3 Å². The molecule has 3 N–H and O–H groups in total. The lowest BCUT2D eigenvalue weighted by molar-refractivity contribution is -0.0730. The molecule has 1 rings (SSSR count). The first kappa shape index (κ1) is 18.8. The molecule has 0 bridgehead atoms. The van der Waals surface area contributed by atoms with Crippen LogP contribution in [0.4, 0.5) is 0 Å². The number of hydrogen-bond donors (Lipinski definition) is 3. The zero-order valence-corrected chi connectivity index (χ0v) is 13.2. The molecule has 1 heterocycles. The summed E-state index contributed by atoms with van der Waals surface area (Å²) in [5.74, 6) is 0. The number of unbranched alkanes of at least 4 members (excludes halogenated alkanes) is 7. The molecule has 0 aromatic rings. The van der Waals surface area contributed by atoms with Crippen LogP contribution >= 0.6 is 0 Å². The van der Waals surface area contributed by atoms with Gasteiger partial charge in [0.25, 0.3) is 0 Å². The fourth-order valence-electron chi connectivity index (χ4n) is 2.67. The summed E-state index contributed by atoms with van der Waals surface area (Å²) in [4.78, 5) is 0. The molecule has 0 spiro atoms. The first-order chi connectivity index (χ1) is 10.2. The molecule has 0 aliphatic carbocycles. The van der Waals surface area contributed by atoms with Crippen LogP contribution in [0.2, 0.25) is 0 Å². The molecular formula is C16H32O5. The van der Waals surface area contributed by atoms with E-state index in [1.165, 1.54) is 38.5 Å². The molecule has 1 saturated heterocycles. The molecule has 5 heteroatoms. The van der Waals surface area contributed by atoms with E-state index in [1.807, 2.05) is 0 Å². The van der Waals surface area contributed by atoms with Crippen molar-refractivity contribution < 1.29 is 24.8 Å². The average Bonchev–Trinajstić information content (AvgIpc) is 2.86. The van der Waals surface area contributed by atoms with Crippen molar-refractivity contribution >= 4 is 0 Å². The Labute approximate surface area is 128 Å². The highest BCUT2D eigenvalue weighted by molar-refractivity contribution is 4.88. The fourth-order valence-corrected chi connectivity index (χ4v) is 2.67. The molecule has 0 unspecified atom stereocenters. The van der Waals surface area contributed by atoms with E-state index >= 15 is 0 Å². The molecule has 5 nitrogen and oxygen atoms in total. The number of rotatable bonds is 12. The van der Waals surface area contributed by atoms with Gasteiger partial charge in [0.1, 0.15) is 24.4 Å². The molecule has 0 radical (unpaired) electrons. The van der Waals surface area contributed by atoms with E-state index in [0.29, 0.717) is 6.61 Å². The summed E-state index contributed by atoms with van der Waals surface area (Å²) < 4.78 is 10.9. The number of hydrogen-bond acceptors (Lipinski definition) is 5. The van der Waals surface area contributed by atoms with Gasteiger partial charge in [0.2, 0.25) is 0 Å². The van der Waals surface area contributed by atoms with E-state index in [-0.39, 0.29) is 12.7 Å². The van der Waals surface area contributed by atoms with Gasteiger partial charge in [-0.05, 0) is 6.42 Å².